The number of amides is 2. The van der Waals surface area contributed by atoms with E-state index in [4.69, 9.17) is 0 Å². The zero-order chi connectivity index (χ0) is 18.4. The molecular weight excluding hydrogens is 328 g/mol. The molecule has 1 heterocycles. The molecule has 0 atom stereocenters. The summed E-state index contributed by atoms with van der Waals surface area (Å²) >= 11 is 0. The van der Waals surface area contributed by atoms with Crippen LogP contribution in [0.25, 0.3) is 0 Å². The molecule has 1 saturated heterocycles. The van der Waals surface area contributed by atoms with Gasteiger partial charge in [0.15, 0.2) is 0 Å². The van der Waals surface area contributed by atoms with E-state index in [-0.39, 0.29) is 11.5 Å². The van der Waals surface area contributed by atoms with Gasteiger partial charge in [0, 0.05) is 45.3 Å². The molecule has 0 N–H and O–H groups in total. The van der Waals surface area contributed by atoms with Gasteiger partial charge in [-0.15, -0.1) is 0 Å². The zero-order valence-corrected chi connectivity index (χ0v) is 14.8. The van der Waals surface area contributed by atoms with E-state index in [0.29, 0.717) is 52.2 Å². The molecule has 1 aromatic rings. The van der Waals surface area contributed by atoms with E-state index >= 15 is 0 Å². The van der Waals surface area contributed by atoms with Crippen molar-refractivity contribution < 1.29 is 18.4 Å². The molecule has 0 aromatic heterocycles. The summed E-state index contributed by atoms with van der Waals surface area (Å²) in [5, 5.41) is 0. The standard InChI is InChI=1S/C18H25F2N3O2/c1-3-22(4-2)17(24)13-21-8-5-9-23(11-10-21)18(25)15-7-6-14(19)12-16(15)20/h6-7,12H,3-5,8-11,13H2,1-2H3. The van der Waals surface area contributed by atoms with Crippen molar-refractivity contribution in [2.24, 2.45) is 0 Å². The highest BCUT2D eigenvalue weighted by molar-refractivity contribution is 5.94. The Labute approximate surface area is 147 Å². The highest BCUT2D eigenvalue weighted by Gasteiger charge is 2.24. The van der Waals surface area contributed by atoms with Crippen molar-refractivity contribution in [2.75, 3.05) is 45.8 Å². The van der Waals surface area contributed by atoms with Gasteiger partial charge in [-0.2, -0.15) is 0 Å². The molecule has 1 aliphatic heterocycles. The molecule has 138 valence electrons. The number of likely N-dealkylation sites (N-methyl/N-ethyl adjacent to an activating group) is 1. The lowest BCUT2D eigenvalue weighted by Crippen LogP contribution is -2.42. The lowest BCUT2D eigenvalue weighted by molar-refractivity contribution is -0.132. The Morgan fingerprint density at radius 3 is 2.44 bits per heavy atom. The van der Waals surface area contributed by atoms with Crippen LogP contribution >= 0.6 is 0 Å². The average molecular weight is 353 g/mol. The predicted octanol–water partition coefficient (Wildman–Crippen LogP) is 1.98. The lowest BCUT2D eigenvalue weighted by atomic mass is 10.1. The fourth-order valence-corrected chi connectivity index (χ4v) is 3.03. The number of benzene rings is 1. The maximum atomic E-state index is 13.8. The number of rotatable bonds is 5. The van der Waals surface area contributed by atoms with E-state index < -0.39 is 17.5 Å². The summed E-state index contributed by atoms with van der Waals surface area (Å²) in [5.41, 5.74) is -0.117. The first kappa shape index (κ1) is 19.3. The number of nitrogens with zero attached hydrogens (tertiary/aromatic N) is 3. The van der Waals surface area contributed by atoms with Gasteiger partial charge in [0.2, 0.25) is 5.91 Å². The first-order valence-electron chi connectivity index (χ1n) is 8.70. The first-order valence-corrected chi connectivity index (χ1v) is 8.70. The molecule has 1 aliphatic rings. The lowest BCUT2D eigenvalue weighted by Gasteiger charge is -2.25. The van der Waals surface area contributed by atoms with Gasteiger partial charge in [-0.05, 0) is 32.4 Å². The number of halogens is 2. The summed E-state index contributed by atoms with van der Waals surface area (Å²) in [4.78, 5) is 30.1. The van der Waals surface area contributed by atoms with Crippen LogP contribution in [0.2, 0.25) is 0 Å². The highest BCUT2D eigenvalue weighted by Crippen LogP contribution is 2.14. The highest BCUT2D eigenvalue weighted by atomic mass is 19.1. The molecular formula is C18H25F2N3O2. The van der Waals surface area contributed by atoms with Crippen LogP contribution in [-0.2, 0) is 4.79 Å². The van der Waals surface area contributed by atoms with Crippen molar-refractivity contribution in [1.82, 2.24) is 14.7 Å². The van der Waals surface area contributed by atoms with Crippen molar-refractivity contribution in [2.45, 2.75) is 20.3 Å². The van der Waals surface area contributed by atoms with Crippen LogP contribution in [0.5, 0.6) is 0 Å². The zero-order valence-electron chi connectivity index (χ0n) is 14.8. The monoisotopic (exact) mass is 353 g/mol. The van der Waals surface area contributed by atoms with Crippen LogP contribution in [0.1, 0.15) is 30.6 Å². The van der Waals surface area contributed by atoms with E-state index in [1.165, 1.54) is 6.07 Å². The SMILES string of the molecule is CCN(CC)C(=O)CN1CCCN(C(=O)c2ccc(F)cc2F)CC1. The summed E-state index contributed by atoms with van der Waals surface area (Å²) in [6.45, 7) is 7.75. The fourth-order valence-electron chi connectivity index (χ4n) is 3.03. The smallest absolute Gasteiger partial charge is 0.256 e. The maximum Gasteiger partial charge on any atom is 0.256 e. The quantitative estimate of drug-likeness (QED) is 0.813. The van der Waals surface area contributed by atoms with E-state index in [9.17, 15) is 18.4 Å². The number of carbonyl (C=O) groups excluding carboxylic acids is 2. The van der Waals surface area contributed by atoms with Gasteiger partial charge in [-0.3, -0.25) is 14.5 Å². The number of hydrogen-bond acceptors (Lipinski definition) is 3. The van der Waals surface area contributed by atoms with E-state index in [1.807, 2.05) is 18.7 Å². The summed E-state index contributed by atoms with van der Waals surface area (Å²) in [5.74, 6) is -1.91. The van der Waals surface area contributed by atoms with Gasteiger partial charge >= 0.3 is 0 Å². The third kappa shape index (κ3) is 4.98. The van der Waals surface area contributed by atoms with Crippen LogP contribution in [0.3, 0.4) is 0 Å². The average Bonchev–Trinajstić information content (AvgIpc) is 2.81. The van der Waals surface area contributed by atoms with Crippen LogP contribution in [0.4, 0.5) is 8.78 Å². The molecule has 0 radical (unpaired) electrons. The Kier molecular flexibility index (Phi) is 6.87. The Balaban J connectivity index is 1.96. The summed E-state index contributed by atoms with van der Waals surface area (Å²) < 4.78 is 26.8. The van der Waals surface area contributed by atoms with E-state index in [0.717, 1.165) is 12.1 Å². The molecule has 0 spiro atoms. The molecule has 1 fully saturated rings. The van der Waals surface area contributed by atoms with Crippen molar-refractivity contribution >= 4 is 11.8 Å². The molecule has 2 rings (SSSR count). The molecule has 0 bridgehead atoms. The molecule has 7 heteroatoms. The summed E-state index contributed by atoms with van der Waals surface area (Å²) in [6, 6.07) is 2.99. The van der Waals surface area contributed by atoms with Gasteiger partial charge in [0.1, 0.15) is 11.6 Å². The van der Waals surface area contributed by atoms with Gasteiger partial charge in [0.25, 0.3) is 5.91 Å². The molecule has 5 nitrogen and oxygen atoms in total. The first-order chi connectivity index (χ1) is 12.0. The van der Waals surface area contributed by atoms with Gasteiger partial charge in [-0.25, -0.2) is 8.78 Å². The second-order valence-electron chi connectivity index (χ2n) is 6.11. The molecule has 2 amide bonds. The van der Waals surface area contributed by atoms with Crippen molar-refractivity contribution in [3.63, 3.8) is 0 Å². The van der Waals surface area contributed by atoms with Gasteiger partial charge in [0.05, 0.1) is 12.1 Å². The van der Waals surface area contributed by atoms with Crippen LogP contribution < -0.4 is 0 Å². The number of carbonyl (C=O) groups is 2. The molecule has 0 saturated carbocycles. The Hall–Kier alpha value is -2.02. The second kappa shape index (κ2) is 8.89. The maximum absolute atomic E-state index is 13.8. The third-order valence-electron chi connectivity index (χ3n) is 4.51. The third-order valence-corrected chi connectivity index (χ3v) is 4.51. The summed E-state index contributed by atoms with van der Waals surface area (Å²) in [6.07, 6.45) is 0.708. The van der Waals surface area contributed by atoms with Gasteiger partial charge < -0.3 is 9.80 Å². The minimum Gasteiger partial charge on any atom is -0.342 e. The molecule has 1 aromatic carbocycles. The molecule has 25 heavy (non-hydrogen) atoms. The van der Waals surface area contributed by atoms with E-state index in [1.54, 1.807) is 9.80 Å². The number of hydrogen-bond donors (Lipinski definition) is 0. The minimum atomic E-state index is -0.845. The topological polar surface area (TPSA) is 43.9 Å². The van der Waals surface area contributed by atoms with Crippen LogP contribution in [0, 0.1) is 11.6 Å². The normalized spacial score (nSPS) is 15.8. The van der Waals surface area contributed by atoms with E-state index in [2.05, 4.69) is 0 Å². The van der Waals surface area contributed by atoms with Gasteiger partial charge in [-0.1, -0.05) is 0 Å². The predicted molar refractivity (Wildman–Crippen MR) is 91.2 cm³/mol. The van der Waals surface area contributed by atoms with Crippen LogP contribution in [0.15, 0.2) is 18.2 Å². The van der Waals surface area contributed by atoms with Crippen molar-refractivity contribution in [1.29, 1.82) is 0 Å². The minimum absolute atomic E-state index is 0.0781. The molecule has 0 aliphatic carbocycles. The Morgan fingerprint density at radius 1 is 1.08 bits per heavy atom. The fraction of sp³-hybridized carbons (Fsp3) is 0.556. The summed E-state index contributed by atoms with van der Waals surface area (Å²) in [7, 11) is 0. The van der Waals surface area contributed by atoms with Crippen molar-refractivity contribution in [3.8, 4) is 0 Å². The van der Waals surface area contributed by atoms with Crippen LogP contribution in [-0.4, -0.2) is 72.3 Å². The largest absolute Gasteiger partial charge is 0.342 e. The Bertz CT molecular complexity index is 620. The molecule has 0 unspecified atom stereocenters. The second-order valence-corrected chi connectivity index (χ2v) is 6.11. The van der Waals surface area contributed by atoms with Crippen molar-refractivity contribution in [3.05, 3.63) is 35.4 Å². The Morgan fingerprint density at radius 2 is 1.80 bits per heavy atom.